The molecule has 7 amide bonds. The van der Waals surface area contributed by atoms with Crippen molar-refractivity contribution in [3.63, 3.8) is 0 Å². The van der Waals surface area contributed by atoms with Gasteiger partial charge in [0.25, 0.3) is 0 Å². The third-order valence-electron chi connectivity index (χ3n) is 14.0. The van der Waals surface area contributed by atoms with Gasteiger partial charge < -0.3 is 84.6 Å². The molecule has 0 radical (unpaired) electrons. The summed E-state index contributed by atoms with van der Waals surface area (Å²) >= 11 is 0. The van der Waals surface area contributed by atoms with Gasteiger partial charge in [0, 0.05) is 51.7 Å². The van der Waals surface area contributed by atoms with Crippen molar-refractivity contribution >= 4 is 71.4 Å². The molecule has 0 saturated heterocycles. The molecule has 102 heavy (non-hydrogen) atoms. The number of hydrogen-bond acceptors (Lipinski definition) is 22. The molecule has 4 unspecified atom stereocenters. The average molecular weight is 1430 g/mol. The van der Waals surface area contributed by atoms with Crippen molar-refractivity contribution in [2.24, 2.45) is 0 Å². The molecule has 0 saturated carbocycles. The van der Waals surface area contributed by atoms with Gasteiger partial charge in [0.2, 0.25) is 35.4 Å². The van der Waals surface area contributed by atoms with Crippen LogP contribution >= 0.6 is 0 Å². The highest BCUT2D eigenvalue weighted by atomic mass is 16.6. The van der Waals surface area contributed by atoms with Gasteiger partial charge in [-0.3, -0.25) is 43.2 Å². The van der Waals surface area contributed by atoms with Crippen LogP contribution in [-0.2, 0) is 127 Å². The van der Waals surface area contributed by atoms with Gasteiger partial charge in [-0.25, -0.2) is 14.4 Å². The van der Waals surface area contributed by atoms with E-state index >= 15 is 0 Å². The third-order valence-corrected chi connectivity index (χ3v) is 14.0. The maximum absolute atomic E-state index is 14.3. The molecule has 4 rings (SSSR count). The number of alkyl carbamates (subject to hydrolysis) is 1. The Bertz CT molecular complexity index is 3220. The second-order valence-electron chi connectivity index (χ2n) is 25.1. The van der Waals surface area contributed by atoms with Crippen molar-refractivity contribution in [1.29, 1.82) is 0 Å². The maximum atomic E-state index is 14.3. The van der Waals surface area contributed by atoms with Gasteiger partial charge in [0.05, 0.1) is 52.7 Å². The van der Waals surface area contributed by atoms with Crippen LogP contribution in [0.15, 0.2) is 121 Å². The zero-order chi connectivity index (χ0) is 74.4. The van der Waals surface area contributed by atoms with Gasteiger partial charge in [-0.05, 0) is 89.5 Å². The van der Waals surface area contributed by atoms with Crippen LogP contribution in [0.5, 0.6) is 0 Å². The summed E-state index contributed by atoms with van der Waals surface area (Å²) in [5.74, 6) is -8.00. The number of carbonyl (C=O) groups is 12. The lowest BCUT2D eigenvalue weighted by molar-refractivity contribution is -0.156. The van der Waals surface area contributed by atoms with E-state index in [1.54, 1.807) is 157 Å². The predicted molar refractivity (Wildman–Crippen MR) is 368 cm³/mol. The fraction of sp³-hybridized carbons (Fsp3) is 0.507. The molecule has 4 aromatic carbocycles. The van der Waals surface area contributed by atoms with Crippen molar-refractivity contribution < 1.29 is 105 Å². The molecule has 558 valence electrons. The molecule has 0 aliphatic carbocycles. The summed E-state index contributed by atoms with van der Waals surface area (Å²) in [7, 11) is 0. The van der Waals surface area contributed by atoms with Crippen molar-refractivity contribution in [2.45, 2.75) is 168 Å². The minimum absolute atomic E-state index is 0.0106. The lowest BCUT2D eigenvalue weighted by atomic mass is 10.1. The maximum Gasteiger partial charge on any atom is 0.407 e. The van der Waals surface area contributed by atoms with Crippen LogP contribution in [-0.4, -0.2) is 179 Å². The first-order valence-corrected chi connectivity index (χ1v) is 33.8. The number of hydrogen-bond donors (Lipinski definition) is 7. The van der Waals surface area contributed by atoms with E-state index in [-0.39, 0.29) is 144 Å². The van der Waals surface area contributed by atoms with E-state index in [0.29, 0.717) is 16.7 Å². The molecular weight excluding hydrogens is 1330 g/mol. The molecule has 4 aromatic rings. The lowest BCUT2D eigenvalue weighted by Crippen LogP contribution is -2.53. The zero-order valence-corrected chi connectivity index (χ0v) is 59.0. The van der Waals surface area contributed by atoms with E-state index in [4.69, 9.17) is 47.4 Å². The van der Waals surface area contributed by atoms with Crippen LogP contribution in [0.2, 0.25) is 0 Å². The number of amides is 7. The van der Waals surface area contributed by atoms with Gasteiger partial charge in [0.15, 0.2) is 0 Å². The van der Waals surface area contributed by atoms with E-state index in [0.717, 1.165) is 5.56 Å². The van der Waals surface area contributed by atoms with Gasteiger partial charge in [-0.1, -0.05) is 121 Å². The monoisotopic (exact) mass is 1430 g/mol. The van der Waals surface area contributed by atoms with Crippen LogP contribution in [0.1, 0.15) is 128 Å². The van der Waals surface area contributed by atoms with Crippen molar-refractivity contribution in [3.05, 3.63) is 144 Å². The van der Waals surface area contributed by atoms with Crippen molar-refractivity contribution in [2.75, 3.05) is 72.5 Å². The Hall–Kier alpha value is -9.84. The van der Waals surface area contributed by atoms with Crippen LogP contribution in [0.4, 0.5) is 4.79 Å². The van der Waals surface area contributed by atoms with Gasteiger partial charge in [0.1, 0.15) is 68.4 Å². The Morgan fingerprint density at radius 1 is 0.324 bits per heavy atom. The summed E-state index contributed by atoms with van der Waals surface area (Å²) < 4.78 is 54.5. The second-order valence-corrected chi connectivity index (χ2v) is 25.1. The zero-order valence-electron chi connectivity index (χ0n) is 59.0. The van der Waals surface area contributed by atoms with Crippen LogP contribution in [0.25, 0.3) is 0 Å². The molecule has 29 heteroatoms. The highest BCUT2D eigenvalue weighted by molar-refractivity contribution is 5.92. The quantitative estimate of drug-likeness (QED) is 0.0174. The highest BCUT2D eigenvalue weighted by Crippen LogP contribution is 2.14. The van der Waals surface area contributed by atoms with Gasteiger partial charge in [-0.15, -0.1) is 0 Å². The van der Waals surface area contributed by atoms with Gasteiger partial charge in [-0.2, -0.15) is 0 Å². The number of rotatable bonds is 48. The Labute approximate surface area is 594 Å². The first kappa shape index (κ1) is 84.6. The fourth-order valence-electron chi connectivity index (χ4n) is 9.01. The Morgan fingerprint density at radius 3 is 1.15 bits per heavy atom. The van der Waals surface area contributed by atoms with Crippen molar-refractivity contribution in [3.8, 4) is 0 Å². The molecule has 0 bridgehead atoms. The number of benzene rings is 4. The normalized spacial score (nSPS) is 12.3. The minimum Gasteiger partial charge on any atom is -0.461 e. The van der Waals surface area contributed by atoms with Gasteiger partial charge >= 0.3 is 35.9 Å². The summed E-state index contributed by atoms with van der Waals surface area (Å²) in [6.45, 7) is 9.96. The number of esters is 5. The first-order valence-electron chi connectivity index (χ1n) is 33.8. The average Bonchev–Trinajstić information content (AvgIpc) is 0.876. The molecule has 0 aromatic heterocycles. The van der Waals surface area contributed by atoms with Crippen molar-refractivity contribution in [1.82, 2.24) is 37.2 Å². The molecule has 0 aliphatic heterocycles. The summed E-state index contributed by atoms with van der Waals surface area (Å²) in [6.07, 6.45) is -3.50. The number of ether oxygens (including phenoxy) is 10. The van der Waals surface area contributed by atoms with Crippen LogP contribution < -0.4 is 37.2 Å². The van der Waals surface area contributed by atoms with Crippen LogP contribution in [0.3, 0.4) is 0 Å². The number of nitrogens with one attached hydrogen (secondary N) is 7. The summed E-state index contributed by atoms with van der Waals surface area (Å²) in [6, 6.07) is 29.7. The molecule has 4 atom stereocenters. The first-order chi connectivity index (χ1) is 48.8. The third kappa shape index (κ3) is 40.4. The minimum atomic E-state index is -1.55. The second kappa shape index (κ2) is 48.1. The summed E-state index contributed by atoms with van der Waals surface area (Å²) in [5, 5.41) is 18.2. The van der Waals surface area contributed by atoms with E-state index in [1.165, 1.54) is 0 Å². The summed E-state index contributed by atoms with van der Waals surface area (Å²) in [4.78, 5) is 158. The standard InChI is InChI=1S/C73H99N7O22/c1-72(2,3)101-66(87)36-33-62(83)77-56(67(88)75-38-41-94-43-44-95-42-39-76-71(92)102-73(4,5)6)27-31-60(81)74-37-40-93-45-46-96-51-63(84)78-57(68(89)80-59(70(91)100-50-55-25-17-10-18-26-55)30-35-65(86)98-48-53-21-13-8-14-22-53)28-32-61(82)79-58(69(90)99-49-54-23-15-9-16-24-54)29-34-64(85)97-47-52-19-11-7-12-20-52/h7-26,56-59H,27-51H2,1-6H3,(H,74,81)(H,75,88)(H,76,92)(H,77,83)(H,78,84)(H,79,82)(H,80,89). The molecule has 0 fully saturated rings. The number of carbonyl (C=O) groups excluding carboxylic acids is 12. The van der Waals surface area contributed by atoms with E-state index in [2.05, 4.69) is 37.2 Å². The fourth-order valence-corrected chi connectivity index (χ4v) is 9.01. The highest BCUT2D eigenvalue weighted by Gasteiger charge is 2.31. The molecule has 0 spiro atoms. The molecule has 0 heterocycles. The predicted octanol–water partition coefficient (Wildman–Crippen LogP) is 4.97. The molecular formula is C73H99N7O22. The van der Waals surface area contributed by atoms with E-state index in [1.807, 2.05) is 6.07 Å². The molecule has 0 aliphatic rings. The molecule has 7 N–H and O–H groups in total. The van der Waals surface area contributed by atoms with E-state index < -0.39 is 126 Å². The Balaban J connectivity index is 1.34. The lowest BCUT2D eigenvalue weighted by Gasteiger charge is -2.23. The van der Waals surface area contributed by atoms with Crippen LogP contribution in [0, 0.1) is 0 Å². The smallest absolute Gasteiger partial charge is 0.407 e. The Kier molecular flexibility index (Phi) is 39.9. The van der Waals surface area contributed by atoms with E-state index in [9.17, 15) is 57.5 Å². The largest absolute Gasteiger partial charge is 0.461 e. The topological polar surface area (TPSA) is 381 Å². The Morgan fingerprint density at radius 2 is 0.686 bits per heavy atom. The molecule has 29 nitrogen and oxygen atoms in total. The SMILES string of the molecule is CC(C)(C)OC(=O)CCC(=O)NC(CCC(=O)NCCOCCOCC(=O)NC(CCC(=O)NC(CCC(=O)OCc1ccccc1)C(=O)OCc1ccccc1)C(=O)NC(CCC(=O)OCc1ccccc1)C(=O)OCc1ccccc1)C(=O)NCCOCCOCCNC(=O)OC(C)(C)C. The summed E-state index contributed by atoms with van der Waals surface area (Å²) in [5.41, 5.74) is 1.32.